The molecule has 172 valence electrons. The predicted octanol–water partition coefficient (Wildman–Crippen LogP) is 2.21. The highest BCUT2D eigenvalue weighted by Crippen LogP contribution is 2.31. The predicted molar refractivity (Wildman–Crippen MR) is 111 cm³/mol. The highest BCUT2D eigenvalue weighted by molar-refractivity contribution is 7.92. The largest absolute Gasteiger partial charge is 0.542 e. The van der Waals surface area contributed by atoms with E-state index in [1.54, 1.807) is 21.4 Å². The van der Waals surface area contributed by atoms with Gasteiger partial charge in [0, 0.05) is 18.2 Å². The lowest BCUT2D eigenvalue weighted by molar-refractivity contribution is -0.344. The second-order valence-electron chi connectivity index (χ2n) is 6.66. The van der Waals surface area contributed by atoms with Gasteiger partial charge in [-0.15, -0.1) is 0 Å². The molecule has 1 aromatic carbocycles. The zero-order valence-electron chi connectivity index (χ0n) is 17.2. The molecule has 31 heavy (non-hydrogen) atoms. The monoisotopic (exact) mass is 483 g/mol. The first-order chi connectivity index (χ1) is 14.1. The standard InChI is InChI=1S/C16H21FN3O2PS.C2HF3O2/c1-10(2)14-13(9-23)15(11-5-7-12(17)8-6-11)19-16(18-14)20(3)24(4,21)22;3-2(4,5)1(6)7/h5-8,10H,9,23H2,1-4H3;(H,6,7). The van der Waals surface area contributed by atoms with Crippen LogP contribution >= 0.6 is 9.24 Å². The molecule has 13 heteroatoms. The van der Waals surface area contributed by atoms with Gasteiger partial charge in [0.15, 0.2) is 0 Å². The number of sulfonamides is 1. The van der Waals surface area contributed by atoms with Crippen molar-refractivity contribution in [1.29, 1.82) is 0 Å². The number of carboxylic acid groups (broad SMARTS) is 1. The third-order valence-electron chi connectivity index (χ3n) is 3.95. The summed E-state index contributed by atoms with van der Waals surface area (Å²) in [4.78, 5) is 17.7. The van der Waals surface area contributed by atoms with Crippen LogP contribution in [0.4, 0.5) is 23.5 Å². The molecule has 0 radical (unpaired) electrons. The summed E-state index contributed by atoms with van der Waals surface area (Å²) in [7, 11) is -0.265. The molecule has 1 unspecified atom stereocenters. The average Bonchev–Trinajstić information content (AvgIpc) is 2.65. The summed E-state index contributed by atoms with van der Waals surface area (Å²) in [6.45, 7) is 4.01. The van der Waals surface area contributed by atoms with Gasteiger partial charge in [-0.2, -0.15) is 13.2 Å². The number of halogens is 4. The van der Waals surface area contributed by atoms with Gasteiger partial charge in [0.25, 0.3) is 0 Å². The van der Waals surface area contributed by atoms with Crippen molar-refractivity contribution in [3.63, 3.8) is 0 Å². The number of aromatic nitrogens is 2. The third-order valence-corrected chi connectivity index (χ3v) is 5.61. The fourth-order valence-electron chi connectivity index (χ4n) is 2.35. The highest BCUT2D eigenvalue weighted by Gasteiger charge is 2.28. The van der Waals surface area contributed by atoms with Crippen LogP contribution in [0.5, 0.6) is 0 Å². The number of benzene rings is 1. The molecule has 0 fully saturated rings. The Balaban J connectivity index is 0.000000592. The Labute approximate surface area is 179 Å². The average molecular weight is 483 g/mol. The van der Waals surface area contributed by atoms with Crippen molar-refractivity contribution in [2.24, 2.45) is 0 Å². The number of carboxylic acids is 1. The molecule has 0 bridgehead atoms. The number of carbonyl (C=O) groups is 1. The Morgan fingerprint density at radius 3 is 2.03 bits per heavy atom. The van der Waals surface area contributed by atoms with Gasteiger partial charge in [0.2, 0.25) is 16.0 Å². The molecule has 0 N–H and O–H groups in total. The van der Waals surface area contributed by atoms with E-state index in [1.807, 2.05) is 13.8 Å². The van der Waals surface area contributed by atoms with E-state index in [0.29, 0.717) is 5.69 Å². The molecule has 0 aliphatic carbocycles. The molecule has 0 aliphatic heterocycles. The zero-order valence-corrected chi connectivity index (χ0v) is 19.4. The van der Waals surface area contributed by atoms with E-state index in [-0.39, 0.29) is 17.7 Å². The van der Waals surface area contributed by atoms with E-state index in [4.69, 9.17) is 9.90 Å². The Hall–Kier alpha value is -2.33. The van der Waals surface area contributed by atoms with E-state index in [0.717, 1.165) is 33.5 Å². The normalized spacial score (nSPS) is 11.8. The maximum absolute atomic E-state index is 13.2. The zero-order chi connectivity index (χ0) is 24.1. The Morgan fingerprint density at radius 2 is 1.68 bits per heavy atom. The molecule has 1 heterocycles. The van der Waals surface area contributed by atoms with Crippen molar-refractivity contribution in [2.75, 3.05) is 17.6 Å². The molecular weight excluding hydrogens is 461 g/mol. The Kier molecular flexibility index (Phi) is 8.89. The number of carbonyl (C=O) groups excluding carboxylic acids is 1. The molecule has 2 aromatic rings. The van der Waals surface area contributed by atoms with Crippen molar-refractivity contribution < 1.29 is 35.9 Å². The topological polar surface area (TPSA) is 103 Å². The number of anilines is 1. The fourth-order valence-corrected chi connectivity index (χ4v) is 3.22. The quantitative estimate of drug-likeness (QED) is 0.477. The van der Waals surface area contributed by atoms with Crippen molar-refractivity contribution in [3.05, 3.63) is 41.3 Å². The van der Waals surface area contributed by atoms with Crippen LogP contribution in [0.3, 0.4) is 0 Å². The van der Waals surface area contributed by atoms with E-state index in [1.165, 1.54) is 19.2 Å². The van der Waals surface area contributed by atoms with E-state index in [2.05, 4.69) is 9.97 Å². The van der Waals surface area contributed by atoms with Gasteiger partial charge in [0.05, 0.1) is 23.8 Å². The second kappa shape index (κ2) is 10.3. The molecule has 1 aromatic heterocycles. The van der Waals surface area contributed by atoms with Crippen LogP contribution in [0.25, 0.3) is 11.3 Å². The number of hydrogen-bond acceptors (Lipinski definition) is 6. The summed E-state index contributed by atoms with van der Waals surface area (Å²) in [6, 6.07) is 6.03. The maximum atomic E-state index is 13.2. The SMILES string of the molecule is CC(C)c1nc(N(C)S(C)(=O)=O)nc(-c2ccc(F)cc2)c1C[PH3+].O=C([O-])C(F)(F)F. The van der Waals surface area contributed by atoms with Crippen LogP contribution in [0.1, 0.15) is 31.0 Å². The van der Waals surface area contributed by atoms with Crippen LogP contribution in [0.15, 0.2) is 24.3 Å². The van der Waals surface area contributed by atoms with Crippen molar-refractivity contribution >= 4 is 31.2 Å². The third kappa shape index (κ3) is 7.39. The molecule has 7 nitrogen and oxygen atoms in total. The van der Waals surface area contributed by atoms with Gasteiger partial charge in [0.1, 0.15) is 11.8 Å². The van der Waals surface area contributed by atoms with Crippen molar-refractivity contribution in [3.8, 4) is 11.3 Å². The van der Waals surface area contributed by atoms with Gasteiger partial charge in [-0.25, -0.2) is 27.1 Å². The molecule has 1 atom stereocenters. The summed E-state index contributed by atoms with van der Waals surface area (Å²) in [5.41, 5.74) is 3.16. The molecule has 0 saturated carbocycles. The number of nitrogens with zero attached hydrogens (tertiary/aromatic N) is 3. The smallest absolute Gasteiger partial charge is 0.430 e. The first-order valence-corrected chi connectivity index (χ1v) is 11.6. The minimum absolute atomic E-state index is 0.110. The second-order valence-corrected chi connectivity index (χ2v) is 9.18. The number of rotatable bonds is 5. The number of hydrogen-bond donors (Lipinski definition) is 0. The van der Waals surface area contributed by atoms with Gasteiger partial charge >= 0.3 is 6.18 Å². The van der Waals surface area contributed by atoms with Gasteiger partial charge in [-0.1, -0.05) is 13.8 Å². The van der Waals surface area contributed by atoms with Crippen LogP contribution in [-0.4, -0.2) is 43.8 Å². The Morgan fingerprint density at radius 1 is 1.19 bits per heavy atom. The van der Waals surface area contributed by atoms with Crippen molar-refractivity contribution in [1.82, 2.24) is 9.97 Å². The lowest BCUT2D eigenvalue weighted by atomic mass is 9.99. The van der Waals surface area contributed by atoms with Gasteiger partial charge in [-0.3, -0.25) is 0 Å². The van der Waals surface area contributed by atoms with Gasteiger partial charge < -0.3 is 9.90 Å². The van der Waals surface area contributed by atoms with Crippen LogP contribution in [-0.2, 0) is 21.0 Å². The molecule has 2 rings (SSSR count). The Bertz CT molecular complexity index is 1030. The van der Waals surface area contributed by atoms with E-state index in [9.17, 15) is 26.0 Å². The van der Waals surface area contributed by atoms with Crippen molar-refractivity contribution in [2.45, 2.75) is 32.1 Å². The number of aliphatic carboxylic acids is 1. The first kappa shape index (κ1) is 26.7. The summed E-state index contributed by atoms with van der Waals surface area (Å²) < 4.78 is 69.6. The molecular formula is C18H22F4N3O4PS. The van der Waals surface area contributed by atoms with E-state index >= 15 is 0 Å². The summed E-state index contributed by atoms with van der Waals surface area (Å²) >= 11 is 0. The van der Waals surface area contributed by atoms with Crippen LogP contribution in [0, 0.1) is 5.82 Å². The van der Waals surface area contributed by atoms with E-state index < -0.39 is 22.2 Å². The minimum Gasteiger partial charge on any atom is -0.542 e. The highest BCUT2D eigenvalue weighted by atomic mass is 32.2. The number of alkyl halides is 3. The molecule has 0 aliphatic rings. The van der Waals surface area contributed by atoms with Gasteiger partial charge in [-0.05, 0) is 39.4 Å². The minimum atomic E-state index is -5.19. The summed E-state index contributed by atoms with van der Waals surface area (Å²) in [5, 5.41) is 8.78. The lowest BCUT2D eigenvalue weighted by Crippen LogP contribution is -2.37. The first-order valence-electron chi connectivity index (χ1n) is 8.77. The van der Waals surface area contributed by atoms with Crippen LogP contribution < -0.4 is 9.41 Å². The maximum Gasteiger partial charge on any atom is 0.430 e. The lowest BCUT2D eigenvalue weighted by Gasteiger charge is -2.20. The fraction of sp³-hybridized carbons (Fsp3) is 0.389. The molecule has 0 saturated heterocycles. The molecule has 0 spiro atoms. The van der Waals surface area contributed by atoms with Crippen LogP contribution in [0.2, 0.25) is 0 Å². The molecule has 0 amide bonds. The summed E-state index contributed by atoms with van der Waals surface area (Å²) in [6.07, 6.45) is -3.36. The summed E-state index contributed by atoms with van der Waals surface area (Å²) in [5.74, 6) is -3.10.